The molecule has 0 rings (SSSR count). The average Bonchev–Trinajstić information content (AvgIpc) is 1.85. The zero-order valence-corrected chi connectivity index (χ0v) is 9.34. The maximum atomic E-state index is 10.2. The van der Waals surface area contributed by atoms with E-state index >= 15 is 0 Å². The van der Waals surface area contributed by atoms with Gasteiger partial charge in [-0.15, -0.1) is 5.92 Å². The molecule has 12 heavy (non-hydrogen) atoms. The summed E-state index contributed by atoms with van der Waals surface area (Å²) < 4.78 is 4.45. The molecule has 1 atom stereocenters. The van der Waals surface area contributed by atoms with E-state index in [-0.39, 0.29) is 3.42 Å². The van der Waals surface area contributed by atoms with Crippen LogP contribution in [0, 0.1) is 11.8 Å². The summed E-state index contributed by atoms with van der Waals surface area (Å²) >= 11 is 2.22. The Bertz CT molecular complexity index is 215. The van der Waals surface area contributed by atoms with Gasteiger partial charge in [0.25, 0.3) is 0 Å². The minimum Gasteiger partial charge on any atom is -0.450 e. The lowest BCUT2D eigenvalue weighted by molar-refractivity contribution is 0.154. The Labute approximate surface area is 86.2 Å². The highest BCUT2D eigenvalue weighted by Crippen LogP contribution is 2.21. The van der Waals surface area contributed by atoms with Crippen LogP contribution in [0.15, 0.2) is 0 Å². The molecule has 0 fully saturated rings. The molecular formula is C8H12INO2. The molecule has 0 aromatic carbocycles. The summed E-state index contributed by atoms with van der Waals surface area (Å²) in [5.41, 5.74) is 4.80. The molecule has 0 saturated heterocycles. The lowest BCUT2D eigenvalue weighted by Gasteiger charge is -2.14. The maximum absolute atomic E-state index is 10.2. The van der Waals surface area contributed by atoms with Crippen molar-refractivity contribution in [3.8, 4) is 11.8 Å². The second kappa shape index (κ2) is 5.25. The summed E-state index contributed by atoms with van der Waals surface area (Å²) in [4.78, 5) is 10.2. The predicted octanol–water partition coefficient (Wildman–Crippen LogP) is 1.69. The molecule has 0 heterocycles. The summed E-state index contributed by atoms with van der Waals surface area (Å²) in [5, 5.41) is 0. The minimum absolute atomic E-state index is 0.137. The molecule has 68 valence electrons. The molecule has 0 saturated carbocycles. The van der Waals surface area contributed by atoms with Gasteiger partial charge in [-0.25, -0.2) is 4.79 Å². The number of primary amides is 1. The van der Waals surface area contributed by atoms with Crippen molar-refractivity contribution in [2.24, 2.45) is 5.73 Å². The topological polar surface area (TPSA) is 52.3 Å². The third-order valence-corrected chi connectivity index (χ3v) is 2.01. The van der Waals surface area contributed by atoms with E-state index in [1.54, 1.807) is 6.92 Å². The number of nitrogens with two attached hydrogens (primary N) is 1. The van der Waals surface area contributed by atoms with Crippen molar-refractivity contribution in [3.63, 3.8) is 0 Å². The van der Waals surface area contributed by atoms with Crippen LogP contribution in [0.5, 0.6) is 0 Å². The van der Waals surface area contributed by atoms with Crippen LogP contribution in [0.2, 0.25) is 0 Å². The number of ether oxygens (including phenoxy) is 1. The highest BCUT2D eigenvalue weighted by Gasteiger charge is 2.16. The summed E-state index contributed by atoms with van der Waals surface area (Å²) in [6, 6.07) is 0. The van der Waals surface area contributed by atoms with Gasteiger partial charge in [-0.1, -0.05) is 28.5 Å². The lowest BCUT2D eigenvalue weighted by atomic mass is 10.1. The van der Waals surface area contributed by atoms with Crippen LogP contribution in [0.1, 0.15) is 20.3 Å². The monoisotopic (exact) mass is 281 g/mol. The first-order valence-electron chi connectivity index (χ1n) is 3.53. The predicted molar refractivity (Wildman–Crippen MR) is 56.0 cm³/mol. The average molecular weight is 281 g/mol. The Morgan fingerprint density at radius 3 is 2.75 bits per heavy atom. The molecule has 0 radical (unpaired) electrons. The Morgan fingerprint density at radius 2 is 2.33 bits per heavy atom. The van der Waals surface area contributed by atoms with E-state index in [1.807, 2.05) is 6.92 Å². The fraction of sp³-hybridized carbons (Fsp3) is 0.625. The molecule has 1 unspecified atom stereocenters. The Hall–Kier alpha value is -0.440. The van der Waals surface area contributed by atoms with E-state index < -0.39 is 6.09 Å². The van der Waals surface area contributed by atoms with Crippen LogP contribution in [-0.4, -0.2) is 16.1 Å². The second-order valence-corrected chi connectivity index (χ2v) is 4.87. The fourth-order valence-corrected chi connectivity index (χ4v) is 1.16. The molecule has 0 spiro atoms. The van der Waals surface area contributed by atoms with Gasteiger partial charge in [0.15, 0.2) is 0 Å². The van der Waals surface area contributed by atoms with Gasteiger partial charge >= 0.3 is 6.09 Å². The van der Waals surface area contributed by atoms with Crippen LogP contribution < -0.4 is 5.73 Å². The quantitative estimate of drug-likeness (QED) is 0.486. The normalized spacial score (nSPS) is 13.9. The molecule has 0 bridgehead atoms. The molecule has 0 aromatic heterocycles. The van der Waals surface area contributed by atoms with Crippen molar-refractivity contribution < 1.29 is 9.53 Å². The molecule has 3 nitrogen and oxygen atoms in total. The van der Waals surface area contributed by atoms with Crippen molar-refractivity contribution in [3.05, 3.63) is 0 Å². The third kappa shape index (κ3) is 6.28. The second-order valence-electron chi connectivity index (χ2n) is 2.49. The smallest absolute Gasteiger partial charge is 0.404 e. The number of halogens is 1. The van der Waals surface area contributed by atoms with Crippen LogP contribution in [0.25, 0.3) is 0 Å². The van der Waals surface area contributed by atoms with Crippen molar-refractivity contribution in [1.29, 1.82) is 0 Å². The van der Waals surface area contributed by atoms with Crippen LogP contribution in [-0.2, 0) is 4.74 Å². The maximum Gasteiger partial charge on any atom is 0.404 e. The number of carbonyl (C=O) groups is 1. The molecule has 1 amide bonds. The first-order valence-corrected chi connectivity index (χ1v) is 4.61. The van der Waals surface area contributed by atoms with Crippen molar-refractivity contribution in [2.75, 3.05) is 6.61 Å². The Balaban J connectivity index is 3.73. The third-order valence-electron chi connectivity index (χ3n) is 1.20. The number of amides is 1. The highest BCUT2D eigenvalue weighted by molar-refractivity contribution is 14.1. The summed E-state index contributed by atoms with van der Waals surface area (Å²) in [7, 11) is 0. The molecule has 0 aliphatic heterocycles. The van der Waals surface area contributed by atoms with Gasteiger partial charge < -0.3 is 10.5 Å². The first kappa shape index (κ1) is 11.6. The number of hydrogen-bond acceptors (Lipinski definition) is 2. The van der Waals surface area contributed by atoms with E-state index in [9.17, 15) is 4.79 Å². The van der Waals surface area contributed by atoms with Gasteiger partial charge in [-0.3, -0.25) is 0 Å². The largest absolute Gasteiger partial charge is 0.450 e. The molecule has 0 aliphatic carbocycles. The van der Waals surface area contributed by atoms with Crippen LogP contribution in [0.3, 0.4) is 0 Å². The minimum atomic E-state index is -0.730. The van der Waals surface area contributed by atoms with E-state index in [0.717, 1.165) is 0 Å². The van der Waals surface area contributed by atoms with E-state index in [0.29, 0.717) is 13.0 Å². The van der Waals surface area contributed by atoms with Crippen molar-refractivity contribution >= 4 is 28.7 Å². The molecular weight excluding hydrogens is 269 g/mol. The van der Waals surface area contributed by atoms with Crippen molar-refractivity contribution in [1.82, 2.24) is 0 Å². The van der Waals surface area contributed by atoms with Crippen LogP contribution >= 0.6 is 22.6 Å². The van der Waals surface area contributed by atoms with Gasteiger partial charge in [0, 0.05) is 6.42 Å². The summed E-state index contributed by atoms with van der Waals surface area (Å²) in [6.45, 7) is 4.09. The molecule has 4 heteroatoms. The standard InChI is InChI=1S/C8H12INO2/c1-3-4-8(2,9)5-6-12-7(10)11/h5-6H2,1-2H3,(H2,10,11). The SMILES string of the molecule is CC#CC(C)(I)CCOC(N)=O. The van der Waals surface area contributed by atoms with E-state index in [4.69, 9.17) is 5.73 Å². The zero-order valence-electron chi connectivity index (χ0n) is 7.19. The molecule has 0 aliphatic rings. The lowest BCUT2D eigenvalue weighted by Crippen LogP contribution is -2.20. The Kier molecular flexibility index (Phi) is 5.06. The number of alkyl halides is 1. The van der Waals surface area contributed by atoms with Gasteiger partial charge in [-0.2, -0.15) is 0 Å². The van der Waals surface area contributed by atoms with E-state index in [2.05, 4.69) is 39.2 Å². The molecule has 2 N–H and O–H groups in total. The summed E-state index contributed by atoms with van der Waals surface area (Å²) in [5.74, 6) is 5.82. The molecule has 0 aromatic rings. The first-order chi connectivity index (χ1) is 5.48. The number of rotatable bonds is 3. The van der Waals surface area contributed by atoms with E-state index in [1.165, 1.54) is 0 Å². The van der Waals surface area contributed by atoms with Crippen molar-refractivity contribution in [2.45, 2.75) is 23.7 Å². The van der Waals surface area contributed by atoms with Crippen LogP contribution in [0.4, 0.5) is 4.79 Å². The fourth-order valence-electron chi connectivity index (χ4n) is 0.666. The summed E-state index contributed by atoms with van der Waals surface area (Å²) in [6.07, 6.45) is -0.0381. The zero-order chi connectivity index (χ0) is 9.61. The Morgan fingerprint density at radius 1 is 1.75 bits per heavy atom. The number of hydrogen-bond donors (Lipinski definition) is 1. The van der Waals surface area contributed by atoms with Gasteiger partial charge in [0.05, 0.1) is 10.0 Å². The van der Waals surface area contributed by atoms with Gasteiger partial charge in [0.1, 0.15) is 0 Å². The van der Waals surface area contributed by atoms with Gasteiger partial charge in [0.2, 0.25) is 0 Å². The number of carbonyl (C=O) groups excluding carboxylic acids is 1. The van der Waals surface area contributed by atoms with Gasteiger partial charge in [-0.05, 0) is 13.8 Å². The highest BCUT2D eigenvalue weighted by atomic mass is 127.